The Hall–Kier alpha value is -2.50. The Labute approximate surface area is 104 Å². The average molecular weight is 240 g/mol. The maximum atomic E-state index is 4.25. The number of aryl methyl sites for hydroxylation is 1. The Bertz CT molecular complexity index is 661. The molecule has 0 saturated carbocycles. The van der Waals surface area contributed by atoms with E-state index in [0.29, 0.717) is 6.54 Å². The zero-order valence-electron chi connectivity index (χ0n) is 9.91. The van der Waals surface area contributed by atoms with Crippen molar-refractivity contribution in [3.05, 3.63) is 42.6 Å². The van der Waals surface area contributed by atoms with Gasteiger partial charge in [-0.25, -0.2) is 9.97 Å². The summed E-state index contributed by atoms with van der Waals surface area (Å²) in [6, 6.07) is 5.83. The molecule has 0 atom stereocenters. The van der Waals surface area contributed by atoms with Crippen molar-refractivity contribution in [1.82, 2.24) is 24.7 Å². The number of rotatable bonds is 3. The van der Waals surface area contributed by atoms with Gasteiger partial charge in [0, 0.05) is 13.2 Å². The first kappa shape index (κ1) is 10.6. The van der Waals surface area contributed by atoms with E-state index in [1.165, 1.54) is 6.33 Å². The molecule has 3 rings (SSSR count). The minimum Gasteiger partial charge on any atom is -0.364 e. The van der Waals surface area contributed by atoms with E-state index in [-0.39, 0.29) is 0 Å². The van der Waals surface area contributed by atoms with Crippen LogP contribution < -0.4 is 5.32 Å². The number of hydrogen-bond donors (Lipinski definition) is 1. The second-order valence-corrected chi connectivity index (χ2v) is 3.90. The van der Waals surface area contributed by atoms with Crippen LogP contribution in [-0.4, -0.2) is 24.7 Å². The van der Waals surface area contributed by atoms with Crippen LogP contribution in [0.3, 0.4) is 0 Å². The summed E-state index contributed by atoms with van der Waals surface area (Å²) in [5, 5.41) is 8.33. The molecule has 1 N–H and O–H groups in total. The third-order valence-electron chi connectivity index (χ3n) is 2.69. The minimum atomic E-state index is 0.627. The van der Waals surface area contributed by atoms with E-state index in [9.17, 15) is 0 Å². The second kappa shape index (κ2) is 4.40. The van der Waals surface area contributed by atoms with Crippen molar-refractivity contribution in [2.24, 2.45) is 7.05 Å². The number of nitrogens with one attached hydrogen (secondary N) is 1. The third-order valence-corrected chi connectivity index (χ3v) is 2.69. The summed E-state index contributed by atoms with van der Waals surface area (Å²) in [7, 11) is 1.86. The Morgan fingerprint density at radius 2 is 2.17 bits per heavy atom. The van der Waals surface area contributed by atoms with E-state index >= 15 is 0 Å². The molecule has 0 saturated heterocycles. The SMILES string of the molecule is Cn1ncc2c(NCc3ccccn3)ncnc21. The standard InChI is InChI=1S/C12H12N6/c1-18-12-10(7-17-18)11(15-8-16-12)14-6-9-4-2-3-5-13-9/h2-5,7-8H,6H2,1H3,(H,14,15,16). The first-order valence-electron chi connectivity index (χ1n) is 5.61. The van der Waals surface area contributed by atoms with Gasteiger partial charge in [0.15, 0.2) is 5.65 Å². The number of hydrogen-bond acceptors (Lipinski definition) is 5. The Morgan fingerprint density at radius 3 is 3.00 bits per heavy atom. The zero-order valence-corrected chi connectivity index (χ0v) is 9.91. The molecule has 0 aliphatic carbocycles. The molecule has 3 heterocycles. The van der Waals surface area contributed by atoms with Crippen molar-refractivity contribution < 1.29 is 0 Å². The van der Waals surface area contributed by atoms with E-state index in [1.54, 1.807) is 17.1 Å². The summed E-state index contributed by atoms with van der Waals surface area (Å²) in [4.78, 5) is 12.7. The maximum Gasteiger partial charge on any atom is 0.163 e. The summed E-state index contributed by atoms with van der Waals surface area (Å²) >= 11 is 0. The van der Waals surface area contributed by atoms with Gasteiger partial charge in [-0.2, -0.15) is 5.10 Å². The Kier molecular flexibility index (Phi) is 2.60. The Balaban J connectivity index is 1.87. The van der Waals surface area contributed by atoms with Gasteiger partial charge in [0.25, 0.3) is 0 Å². The lowest BCUT2D eigenvalue weighted by Crippen LogP contribution is -2.03. The lowest BCUT2D eigenvalue weighted by molar-refractivity contribution is 0.785. The van der Waals surface area contributed by atoms with Crippen LogP contribution in [0.1, 0.15) is 5.69 Å². The van der Waals surface area contributed by atoms with Gasteiger partial charge in [0.05, 0.1) is 23.8 Å². The highest BCUT2D eigenvalue weighted by atomic mass is 15.3. The summed E-state index contributed by atoms with van der Waals surface area (Å²) in [5.41, 5.74) is 1.78. The highest BCUT2D eigenvalue weighted by Gasteiger charge is 2.07. The van der Waals surface area contributed by atoms with Crippen molar-refractivity contribution >= 4 is 16.9 Å². The van der Waals surface area contributed by atoms with Gasteiger partial charge in [-0.15, -0.1) is 0 Å². The van der Waals surface area contributed by atoms with Gasteiger partial charge >= 0.3 is 0 Å². The van der Waals surface area contributed by atoms with Crippen molar-refractivity contribution in [2.45, 2.75) is 6.54 Å². The highest BCUT2D eigenvalue weighted by molar-refractivity contribution is 5.85. The van der Waals surface area contributed by atoms with Crippen LogP contribution in [-0.2, 0) is 13.6 Å². The topological polar surface area (TPSA) is 68.5 Å². The summed E-state index contributed by atoms with van der Waals surface area (Å²) < 4.78 is 1.73. The predicted molar refractivity (Wildman–Crippen MR) is 67.9 cm³/mol. The van der Waals surface area contributed by atoms with E-state index < -0.39 is 0 Å². The number of pyridine rings is 1. The van der Waals surface area contributed by atoms with Crippen molar-refractivity contribution in [1.29, 1.82) is 0 Å². The lowest BCUT2D eigenvalue weighted by Gasteiger charge is -2.05. The van der Waals surface area contributed by atoms with E-state index in [4.69, 9.17) is 0 Å². The quantitative estimate of drug-likeness (QED) is 0.748. The number of fused-ring (bicyclic) bond motifs is 1. The minimum absolute atomic E-state index is 0.627. The molecule has 0 aliphatic rings. The van der Waals surface area contributed by atoms with Crippen molar-refractivity contribution in [3.8, 4) is 0 Å². The first-order valence-corrected chi connectivity index (χ1v) is 5.61. The highest BCUT2D eigenvalue weighted by Crippen LogP contribution is 2.17. The summed E-state index contributed by atoms with van der Waals surface area (Å²) in [6.07, 6.45) is 5.07. The normalized spacial score (nSPS) is 10.7. The molecule has 0 spiro atoms. The van der Waals surface area contributed by atoms with Crippen LogP contribution in [0.4, 0.5) is 5.82 Å². The number of anilines is 1. The molecule has 0 amide bonds. The van der Waals surface area contributed by atoms with Gasteiger partial charge < -0.3 is 5.32 Å². The van der Waals surface area contributed by atoms with E-state index in [0.717, 1.165) is 22.5 Å². The molecule has 0 aromatic carbocycles. The van der Waals surface area contributed by atoms with E-state index in [2.05, 4.69) is 25.4 Å². The fraction of sp³-hybridized carbons (Fsp3) is 0.167. The molecule has 3 aromatic heterocycles. The number of nitrogens with zero attached hydrogens (tertiary/aromatic N) is 5. The molecule has 18 heavy (non-hydrogen) atoms. The van der Waals surface area contributed by atoms with Crippen LogP contribution in [0.2, 0.25) is 0 Å². The average Bonchev–Trinajstić information content (AvgIpc) is 2.80. The van der Waals surface area contributed by atoms with Crippen LogP contribution >= 0.6 is 0 Å². The smallest absolute Gasteiger partial charge is 0.163 e. The zero-order chi connectivity index (χ0) is 12.4. The fourth-order valence-corrected chi connectivity index (χ4v) is 1.78. The van der Waals surface area contributed by atoms with Crippen LogP contribution in [0, 0.1) is 0 Å². The largest absolute Gasteiger partial charge is 0.364 e. The van der Waals surface area contributed by atoms with Crippen molar-refractivity contribution in [3.63, 3.8) is 0 Å². The first-order chi connectivity index (χ1) is 8.84. The van der Waals surface area contributed by atoms with Crippen LogP contribution in [0.25, 0.3) is 11.0 Å². The molecule has 0 unspecified atom stereocenters. The molecule has 90 valence electrons. The molecule has 6 heteroatoms. The van der Waals surface area contributed by atoms with Crippen LogP contribution in [0.5, 0.6) is 0 Å². The van der Waals surface area contributed by atoms with Gasteiger partial charge in [-0.3, -0.25) is 9.67 Å². The Morgan fingerprint density at radius 1 is 1.22 bits per heavy atom. The molecular weight excluding hydrogens is 228 g/mol. The molecular formula is C12H12N6. The molecule has 0 radical (unpaired) electrons. The predicted octanol–water partition coefficient (Wildman–Crippen LogP) is 1.37. The third kappa shape index (κ3) is 1.88. The molecule has 0 fully saturated rings. The fourth-order valence-electron chi connectivity index (χ4n) is 1.78. The second-order valence-electron chi connectivity index (χ2n) is 3.90. The molecule has 0 aliphatic heterocycles. The van der Waals surface area contributed by atoms with Gasteiger partial charge in [-0.1, -0.05) is 6.07 Å². The number of aromatic nitrogens is 5. The van der Waals surface area contributed by atoms with Crippen LogP contribution in [0.15, 0.2) is 36.9 Å². The molecule has 3 aromatic rings. The van der Waals surface area contributed by atoms with Gasteiger partial charge in [0.1, 0.15) is 12.1 Å². The van der Waals surface area contributed by atoms with E-state index in [1.807, 2.05) is 25.2 Å². The molecule has 6 nitrogen and oxygen atoms in total. The monoisotopic (exact) mass is 240 g/mol. The van der Waals surface area contributed by atoms with Gasteiger partial charge in [-0.05, 0) is 12.1 Å². The summed E-state index contributed by atoms with van der Waals surface area (Å²) in [6.45, 7) is 0.627. The summed E-state index contributed by atoms with van der Waals surface area (Å²) in [5.74, 6) is 0.777. The lowest BCUT2D eigenvalue weighted by atomic mass is 10.3. The van der Waals surface area contributed by atoms with Gasteiger partial charge in [0.2, 0.25) is 0 Å². The molecule has 0 bridgehead atoms. The maximum absolute atomic E-state index is 4.25. The van der Waals surface area contributed by atoms with Crippen molar-refractivity contribution in [2.75, 3.05) is 5.32 Å².